The van der Waals surface area contributed by atoms with E-state index in [1.54, 1.807) is 13.2 Å². The number of benzene rings is 1. The molecule has 0 bridgehead atoms. The Labute approximate surface area is 106 Å². The van der Waals surface area contributed by atoms with Gasteiger partial charge in [0.25, 0.3) is 0 Å². The van der Waals surface area contributed by atoms with Crippen molar-refractivity contribution in [3.63, 3.8) is 0 Å². The molecule has 96 valence electrons. The Morgan fingerprint density at radius 1 is 1.35 bits per heavy atom. The first-order valence-corrected chi connectivity index (χ1v) is 5.76. The van der Waals surface area contributed by atoms with E-state index < -0.39 is 11.7 Å². The lowest BCUT2D eigenvalue weighted by molar-refractivity contribution is -0.137. The summed E-state index contributed by atoms with van der Waals surface area (Å²) in [4.78, 5) is 0. The predicted molar refractivity (Wildman–Crippen MR) is 64.1 cm³/mol. The third-order valence-electron chi connectivity index (χ3n) is 2.22. The third kappa shape index (κ3) is 4.55. The maximum absolute atomic E-state index is 12.5. The van der Waals surface area contributed by atoms with Gasteiger partial charge in [-0.05, 0) is 25.1 Å². The Morgan fingerprint density at radius 2 is 2.00 bits per heavy atom. The molecule has 1 N–H and O–H groups in total. The summed E-state index contributed by atoms with van der Waals surface area (Å²) < 4.78 is 43.0. The summed E-state index contributed by atoms with van der Waals surface area (Å²) in [7, 11) is 1.55. The highest BCUT2D eigenvalue weighted by Crippen LogP contribution is 2.33. The van der Waals surface area contributed by atoms with E-state index in [9.17, 15) is 13.2 Å². The van der Waals surface area contributed by atoms with Gasteiger partial charge < -0.3 is 10.1 Å². The van der Waals surface area contributed by atoms with E-state index in [-0.39, 0.29) is 6.10 Å². The van der Waals surface area contributed by atoms with Crippen LogP contribution in [0.15, 0.2) is 22.7 Å². The van der Waals surface area contributed by atoms with E-state index in [1.165, 1.54) is 0 Å². The van der Waals surface area contributed by atoms with Crippen LogP contribution in [-0.4, -0.2) is 19.8 Å². The SMILES string of the molecule is COC(C)CNc1cc(Br)cc(C(F)(F)F)c1. The highest BCUT2D eigenvalue weighted by atomic mass is 79.9. The average molecular weight is 312 g/mol. The monoisotopic (exact) mass is 311 g/mol. The lowest BCUT2D eigenvalue weighted by Gasteiger charge is -2.14. The van der Waals surface area contributed by atoms with Gasteiger partial charge in [0.15, 0.2) is 0 Å². The molecule has 0 aliphatic rings. The fraction of sp³-hybridized carbons (Fsp3) is 0.455. The molecule has 0 aromatic heterocycles. The minimum absolute atomic E-state index is 0.0664. The molecule has 0 saturated heterocycles. The van der Waals surface area contributed by atoms with Crippen LogP contribution in [0, 0.1) is 0 Å². The number of ether oxygens (including phenoxy) is 1. The van der Waals surface area contributed by atoms with Crippen molar-refractivity contribution in [1.29, 1.82) is 0 Å². The fourth-order valence-electron chi connectivity index (χ4n) is 1.20. The first-order valence-electron chi connectivity index (χ1n) is 4.97. The van der Waals surface area contributed by atoms with E-state index in [0.29, 0.717) is 16.7 Å². The van der Waals surface area contributed by atoms with Crippen molar-refractivity contribution in [2.75, 3.05) is 19.0 Å². The Hall–Kier alpha value is -0.750. The summed E-state index contributed by atoms with van der Waals surface area (Å²) in [5, 5.41) is 2.89. The summed E-state index contributed by atoms with van der Waals surface area (Å²) in [6.45, 7) is 2.28. The van der Waals surface area contributed by atoms with Gasteiger partial charge in [-0.3, -0.25) is 0 Å². The molecular formula is C11H13BrF3NO. The second-order valence-electron chi connectivity index (χ2n) is 3.65. The Kier molecular flexibility index (Phi) is 4.82. The van der Waals surface area contributed by atoms with Crippen LogP contribution >= 0.6 is 15.9 Å². The van der Waals surface area contributed by atoms with Gasteiger partial charge in [-0.15, -0.1) is 0 Å². The highest BCUT2D eigenvalue weighted by Gasteiger charge is 2.31. The van der Waals surface area contributed by atoms with E-state index in [0.717, 1.165) is 12.1 Å². The van der Waals surface area contributed by atoms with Crippen LogP contribution in [0.4, 0.5) is 18.9 Å². The van der Waals surface area contributed by atoms with E-state index >= 15 is 0 Å². The van der Waals surface area contributed by atoms with Gasteiger partial charge >= 0.3 is 6.18 Å². The van der Waals surface area contributed by atoms with Crippen LogP contribution in [0.2, 0.25) is 0 Å². The lowest BCUT2D eigenvalue weighted by Crippen LogP contribution is -2.18. The summed E-state index contributed by atoms with van der Waals surface area (Å²) in [6, 6.07) is 3.72. The molecule has 0 amide bonds. The molecule has 0 spiro atoms. The van der Waals surface area contributed by atoms with Crippen LogP contribution in [0.25, 0.3) is 0 Å². The average Bonchev–Trinajstić information content (AvgIpc) is 2.24. The predicted octanol–water partition coefficient (Wildman–Crippen LogP) is 3.91. The molecule has 1 rings (SSSR count). The van der Waals surface area contributed by atoms with Crippen LogP contribution in [-0.2, 0) is 10.9 Å². The maximum Gasteiger partial charge on any atom is 0.416 e. The van der Waals surface area contributed by atoms with Crippen molar-refractivity contribution >= 4 is 21.6 Å². The molecule has 1 atom stereocenters. The van der Waals surface area contributed by atoms with Gasteiger partial charge in [0.05, 0.1) is 11.7 Å². The van der Waals surface area contributed by atoms with Gasteiger partial charge in [0, 0.05) is 23.8 Å². The van der Waals surface area contributed by atoms with E-state index in [2.05, 4.69) is 21.2 Å². The van der Waals surface area contributed by atoms with Crippen molar-refractivity contribution < 1.29 is 17.9 Å². The topological polar surface area (TPSA) is 21.3 Å². The maximum atomic E-state index is 12.5. The molecule has 6 heteroatoms. The standard InChI is InChI=1S/C11H13BrF3NO/c1-7(17-2)6-16-10-4-8(11(13,14)15)3-9(12)5-10/h3-5,7,16H,6H2,1-2H3. The number of rotatable bonds is 4. The van der Waals surface area contributed by atoms with Crippen LogP contribution in [0.5, 0.6) is 0 Å². The Morgan fingerprint density at radius 3 is 2.53 bits per heavy atom. The van der Waals surface area contributed by atoms with E-state index in [1.807, 2.05) is 6.92 Å². The van der Waals surface area contributed by atoms with Gasteiger partial charge in [0.1, 0.15) is 0 Å². The normalized spacial score (nSPS) is 13.5. The molecule has 0 saturated carbocycles. The highest BCUT2D eigenvalue weighted by molar-refractivity contribution is 9.10. The van der Waals surface area contributed by atoms with Crippen LogP contribution in [0.1, 0.15) is 12.5 Å². The molecule has 0 aliphatic carbocycles. The molecule has 1 unspecified atom stereocenters. The zero-order chi connectivity index (χ0) is 13.1. The quantitative estimate of drug-likeness (QED) is 0.910. The number of methoxy groups -OCH3 is 1. The molecule has 0 heterocycles. The molecule has 0 aliphatic heterocycles. The van der Waals surface area contributed by atoms with Crippen molar-refractivity contribution in [3.05, 3.63) is 28.2 Å². The Bertz CT molecular complexity index is 381. The first kappa shape index (κ1) is 14.3. The molecule has 2 nitrogen and oxygen atoms in total. The van der Waals surface area contributed by atoms with Gasteiger partial charge in [-0.25, -0.2) is 0 Å². The number of hydrogen-bond acceptors (Lipinski definition) is 2. The number of anilines is 1. The number of alkyl halides is 3. The number of hydrogen-bond donors (Lipinski definition) is 1. The summed E-state index contributed by atoms with van der Waals surface area (Å²) in [6.07, 6.45) is -4.41. The van der Waals surface area contributed by atoms with Gasteiger partial charge in [0.2, 0.25) is 0 Å². The molecule has 0 radical (unpaired) electrons. The van der Waals surface area contributed by atoms with Crippen molar-refractivity contribution in [2.24, 2.45) is 0 Å². The molecule has 1 aromatic carbocycles. The fourth-order valence-corrected chi connectivity index (χ4v) is 1.69. The number of halogens is 4. The zero-order valence-corrected chi connectivity index (χ0v) is 11.0. The lowest BCUT2D eigenvalue weighted by atomic mass is 10.2. The van der Waals surface area contributed by atoms with Gasteiger partial charge in [-0.1, -0.05) is 15.9 Å². The molecule has 17 heavy (non-hydrogen) atoms. The van der Waals surface area contributed by atoms with Crippen LogP contribution in [0.3, 0.4) is 0 Å². The molecule has 1 aromatic rings. The first-order chi connectivity index (χ1) is 7.82. The third-order valence-corrected chi connectivity index (χ3v) is 2.68. The van der Waals surface area contributed by atoms with Crippen molar-refractivity contribution in [2.45, 2.75) is 19.2 Å². The smallest absolute Gasteiger partial charge is 0.382 e. The minimum Gasteiger partial charge on any atom is -0.382 e. The second kappa shape index (κ2) is 5.73. The Balaban J connectivity index is 2.83. The summed E-state index contributed by atoms with van der Waals surface area (Å²) in [5.41, 5.74) is -0.268. The molecule has 0 fully saturated rings. The van der Waals surface area contributed by atoms with E-state index in [4.69, 9.17) is 4.74 Å². The van der Waals surface area contributed by atoms with Crippen LogP contribution < -0.4 is 5.32 Å². The minimum atomic E-state index is -4.34. The summed E-state index contributed by atoms with van der Waals surface area (Å²) >= 11 is 3.06. The largest absolute Gasteiger partial charge is 0.416 e. The zero-order valence-electron chi connectivity index (χ0n) is 9.44. The van der Waals surface area contributed by atoms with Gasteiger partial charge in [-0.2, -0.15) is 13.2 Å². The number of nitrogens with one attached hydrogen (secondary N) is 1. The molecular weight excluding hydrogens is 299 g/mol. The summed E-state index contributed by atoms with van der Waals surface area (Å²) in [5.74, 6) is 0. The van der Waals surface area contributed by atoms with Crippen molar-refractivity contribution in [1.82, 2.24) is 0 Å². The van der Waals surface area contributed by atoms with Crippen molar-refractivity contribution in [3.8, 4) is 0 Å². The second-order valence-corrected chi connectivity index (χ2v) is 4.57.